The first-order valence-electron chi connectivity index (χ1n) is 13.3. The van der Waals surface area contributed by atoms with Crippen molar-refractivity contribution in [3.63, 3.8) is 0 Å². The van der Waals surface area contributed by atoms with Crippen molar-refractivity contribution in [1.29, 1.82) is 0 Å². The zero-order valence-corrected chi connectivity index (χ0v) is 22.3. The van der Waals surface area contributed by atoms with Gasteiger partial charge in [0.15, 0.2) is 26.0 Å². The Morgan fingerprint density at radius 3 is 2.68 bits per heavy atom. The molecule has 1 aromatic carbocycles. The number of pyridine rings is 2. The fourth-order valence-electron chi connectivity index (χ4n) is 4.58. The molecule has 8 heteroatoms. The Kier molecular flexibility index (Phi) is 8.71. The molecule has 0 unspecified atom stereocenters. The largest absolute Gasteiger partial charge is 0.482 e. The van der Waals surface area contributed by atoms with Gasteiger partial charge in [-0.05, 0) is 56.6 Å². The minimum atomic E-state index is -0.0189. The SMILES string of the molecule is CC.CCc1cc2cc3c(cc2[nH]c1=O)C[N+]1=C(CO3)CN(c2ccc(C=O)nc2)CC1.CNC1CC1. The third-order valence-electron chi connectivity index (χ3n) is 6.94. The van der Waals surface area contributed by atoms with E-state index in [0.29, 0.717) is 18.7 Å². The summed E-state index contributed by atoms with van der Waals surface area (Å²) in [4.78, 5) is 32.5. The molecule has 3 aromatic rings. The molecule has 4 heterocycles. The van der Waals surface area contributed by atoms with E-state index in [4.69, 9.17) is 4.74 Å². The maximum absolute atomic E-state index is 12.2. The van der Waals surface area contributed by atoms with Crippen LogP contribution in [-0.4, -0.2) is 65.9 Å². The molecule has 37 heavy (non-hydrogen) atoms. The average molecular weight is 505 g/mol. The van der Waals surface area contributed by atoms with Crippen molar-refractivity contribution in [1.82, 2.24) is 15.3 Å². The topological polar surface area (TPSA) is 90.3 Å². The maximum atomic E-state index is 12.2. The summed E-state index contributed by atoms with van der Waals surface area (Å²) in [6.07, 6.45) is 6.01. The summed E-state index contributed by atoms with van der Waals surface area (Å²) < 4.78 is 8.55. The highest BCUT2D eigenvalue weighted by Gasteiger charge is 2.30. The lowest BCUT2D eigenvalue weighted by Gasteiger charge is -2.27. The predicted molar refractivity (Wildman–Crippen MR) is 149 cm³/mol. The van der Waals surface area contributed by atoms with Crippen LogP contribution >= 0.6 is 0 Å². The van der Waals surface area contributed by atoms with Gasteiger partial charge in [-0.25, -0.2) is 4.58 Å². The van der Waals surface area contributed by atoms with Gasteiger partial charge in [-0.2, -0.15) is 0 Å². The number of H-pyrrole nitrogens is 1. The summed E-state index contributed by atoms with van der Waals surface area (Å²) in [6.45, 7) is 9.76. The lowest BCUT2D eigenvalue weighted by Crippen LogP contribution is -2.46. The summed E-state index contributed by atoms with van der Waals surface area (Å²) in [5.41, 5.74) is 5.36. The molecule has 1 saturated carbocycles. The number of aromatic nitrogens is 2. The molecule has 2 N–H and O–H groups in total. The van der Waals surface area contributed by atoms with Crippen molar-refractivity contribution in [2.24, 2.45) is 0 Å². The first kappa shape index (κ1) is 26.5. The molecule has 0 bridgehead atoms. The number of rotatable bonds is 4. The van der Waals surface area contributed by atoms with Crippen LogP contribution in [0.25, 0.3) is 10.9 Å². The highest BCUT2D eigenvalue weighted by molar-refractivity contribution is 5.88. The van der Waals surface area contributed by atoms with Gasteiger partial charge in [-0.15, -0.1) is 0 Å². The molecular weight excluding hydrogens is 466 g/mol. The van der Waals surface area contributed by atoms with Crippen molar-refractivity contribution < 1.29 is 14.1 Å². The zero-order valence-electron chi connectivity index (χ0n) is 22.3. The average Bonchev–Trinajstić information content (AvgIpc) is 3.80. The van der Waals surface area contributed by atoms with Crippen LogP contribution in [0.4, 0.5) is 5.69 Å². The third kappa shape index (κ3) is 6.25. The van der Waals surface area contributed by atoms with E-state index in [1.165, 1.54) is 18.6 Å². The number of aldehydes is 1. The van der Waals surface area contributed by atoms with E-state index < -0.39 is 0 Å². The van der Waals surface area contributed by atoms with Crippen LogP contribution in [0, 0.1) is 0 Å². The molecule has 2 aromatic heterocycles. The summed E-state index contributed by atoms with van der Waals surface area (Å²) in [5.74, 6) is 0.877. The summed E-state index contributed by atoms with van der Waals surface area (Å²) in [7, 11) is 2.01. The van der Waals surface area contributed by atoms with E-state index in [1.807, 2.05) is 52.1 Å². The fourth-order valence-corrected chi connectivity index (χ4v) is 4.58. The highest BCUT2D eigenvalue weighted by Crippen LogP contribution is 2.28. The fraction of sp³-hybridized carbons (Fsp3) is 0.448. The third-order valence-corrected chi connectivity index (χ3v) is 6.94. The van der Waals surface area contributed by atoms with Crippen LogP contribution in [0.1, 0.15) is 55.2 Å². The van der Waals surface area contributed by atoms with Crippen molar-refractivity contribution in [3.05, 3.63) is 63.7 Å². The predicted octanol–water partition coefficient (Wildman–Crippen LogP) is 3.56. The Morgan fingerprint density at radius 2 is 2.05 bits per heavy atom. The zero-order chi connectivity index (χ0) is 26.4. The van der Waals surface area contributed by atoms with Crippen LogP contribution in [0.2, 0.25) is 0 Å². The van der Waals surface area contributed by atoms with Gasteiger partial charge in [0.1, 0.15) is 18.0 Å². The number of fused-ring (bicyclic) bond motifs is 2. The van der Waals surface area contributed by atoms with E-state index in [-0.39, 0.29) is 5.56 Å². The molecule has 1 aliphatic carbocycles. The first-order valence-corrected chi connectivity index (χ1v) is 13.3. The lowest BCUT2D eigenvalue weighted by atomic mass is 10.1. The number of hydrogen-bond donors (Lipinski definition) is 2. The Labute approximate surface area is 218 Å². The van der Waals surface area contributed by atoms with Crippen LogP contribution in [0.5, 0.6) is 5.75 Å². The van der Waals surface area contributed by atoms with E-state index in [9.17, 15) is 9.59 Å². The second-order valence-electron chi connectivity index (χ2n) is 9.34. The molecule has 0 amide bonds. The van der Waals surface area contributed by atoms with Crippen molar-refractivity contribution in [3.8, 4) is 5.75 Å². The number of aryl methyl sites for hydroxylation is 1. The minimum Gasteiger partial charge on any atom is -0.482 e. The van der Waals surface area contributed by atoms with Crippen LogP contribution < -0.4 is 20.5 Å². The molecule has 1 fully saturated rings. The first-order chi connectivity index (χ1) is 18.1. The lowest BCUT2D eigenvalue weighted by molar-refractivity contribution is -0.545. The van der Waals surface area contributed by atoms with Gasteiger partial charge in [-0.3, -0.25) is 14.6 Å². The maximum Gasteiger partial charge on any atom is 0.251 e. The molecule has 8 nitrogen and oxygen atoms in total. The van der Waals surface area contributed by atoms with Crippen LogP contribution in [0.15, 0.2) is 41.3 Å². The number of hydrogen-bond acceptors (Lipinski definition) is 6. The Bertz CT molecular complexity index is 1330. The number of aromatic amines is 1. The van der Waals surface area contributed by atoms with Gasteiger partial charge in [0.05, 0.1) is 24.0 Å². The minimum absolute atomic E-state index is 0.0189. The highest BCUT2D eigenvalue weighted by atomic mass is 16.5. The van der Waals surface area contributed by atoms with Gasteiger partial charge in [-0.1, -0.05) is 20.8 Å². The molecule has 3 aliphatic rings. The molecule has 0 spiro atoms. The number of nitrogens with one attached hydrogen (secondary N) is 2. The number of nitrogens with zero attached hydrogens (tertiary/aromatic N) is 3. The molecule has 0 atom stereocenters. The second-order valence-corrected chi connectivity index (χ2v) is 9.34. The summed E-state index contributed by atoms with van der Waals surface area (Å²) in [5, 5.41) is 4.14. The van der Waals surface area contributed by atoms with E-state index >= 15 is 0 Å². The summed E-state index contributed by atoms with van der Waals surface area (Å²) in [6, 6.07) is 10.6. The Hall–Kier alpha value is -3.52. The number of carbonyl (C=O) groups is 1. The number of benzene rings is 1. The quantitative estimate of drug-likeness (QED) is 0.417. The second kappa shape index (κ2) is 12.1. The molecule has 0 radical (unpaired) electrons. The van der Waals surface area contributed by atoms with Crippen molar-refractivity contribution >= 4 is 28.6 Å². The van der Waals surface area contributed by atoms with Gasteiger partial charge in [0, 0.05) is 22.5 Å². The Balaban J connectivity index is 0.000000403. The Morgan fingerprint density at radius 1 is 1.24 bits per heavy atom. The molecular formula is C29H38N5O3+. The molecule has 2 aliphatic heterocycles. The molecule has 196 valence electrons. The van der Waals surface area contributed by atoms with Gasteiger partial charge in [0.2, 0.25) is 5.71 Å². The van der Waals surface area contributed by atoms with Crippen LogP contribution in [0.3, 0.4) is 0 Å². The van der Waals surface area contributed by atoms with Gasteiger partial charge >= 0.3 is 0 Å². The van der Waals surface area contributed by atoms with Crippen molar-refractivity contribution in [2.45, 2.75) is 52.6 Å². The molecule has 6 rings (SSSR count). The van der Waals surface area contributed by atoms with Crippen molar-refractivity contribution in [2.75, 3.05) is 38.2 Å². The van der Waals surface area contributed by atoms with E-state index in [1.54, 1.807) is 12.3 Å². The monoisotopic (exact) mass is 504 g/mol. The van der Waals surface area contributed by atoms with E-state index in [2.05, 4.69) is 24.8 Å². The van der Waals surface area contributed by atoms with Gasteiger partial charge in [0.25, 0.3) is 5.56 Å². The number of anilines is 1. The van der Waals surface area contributed by atoms with E-state index in [0.717, 1.165) is 72.0 Å². The smallest absolute Gasteiger partial charge is 0.251 e. The molecule has 0 saturated heterocycles. The van der Waals surface area contributed by atoms with Crippen LogP contribution in [-0.2, 0) is 13.0 Å². The number of ether oxygens (including phenoxy) is 1. The summed E-state index contributed by atoms with van der Waals surface area (Å²) >= 11 is 0. The standard InChI is InChI=1S/C23H22N4O3.C4H9N.C2H6/c1-2-15-7-16-9-22-17(8-21(16)25-23(15)29)11-26-5-6-27(12-20(26)14-30-22)19-4-3-18(13-28)24-10-19;1-5-4-2-3-4;1-2/h3-4,7-10,13H,2,5-6,11-12,14H2,1H3;4-5H,2-3H2,1H3;1-2H3/p+1. The van der Waals surface area contributed by atoms with Gasteiger partial charge < -0.3 is 19.9 Å². The number of carbonyl (C=O) groups excluding carboxylic acids is 1. The normalized spacial score (nSPS) is 16.3.